The van der Waals surface area contributed by atoms with Crippen LogP contribution in [0.5, 0.6) is 0 Å². The first-order chi connectivity index (χ1) is 7.65. The predicted molar refractivity (Wildman–Crippen MR) is 75.7 cm³/mol. The lowest BCUT2D eigenvalue weighted by Gasteiger charge is -2.33. The Morgan fingerprint density at radius 2 is 1.88 bits per heavy atom. The van der Waals surface area contributed by atoms with Gasteiger partial charge in [0.2, 0.25) is 0 Å². The molecular formula is C12H25NOS2. The summed E-state index contributed by atoms with van der Waals surface area (Å²) in [6, 6.07) is 0.599. The molecule has 0 unspecified atom stereocenters. The second kappa shape index (κ2) is 7.02. The molecule has 0 aliphatic carbocycles. The van der Waals surface area contributed by atoms with Gasteiger partial charge < -0.3 is 5.32 Å². The summed E-state index contributed by atoms with van der Waals surface area (Å²) in [5.41, 5.74) is 0. The molecule has 1 rings (SSSR count). The molecule has 1 aliphatic heterocycles. The molecule has 1 N–H and O–H groups in total. The van der Waals surface area contributed by atoms with Crippen LogP contribution in [-0.2, 0) is 10.8 Å². The van der Waals surface area contributed by atoms with Gasteiger partial charge in [0, 0.05) is 39.6 Å². The molecule has 0 radical (unpaired) electrons. The van der Waals surface area contributed by atoms with Crippen molar-refractivity contribution in [3.8, 4) is 0 Å². The Bertz CT molecular complexity index is 211. The molecule has 1 heterocycles. The van der Waals surface area contributed by atoms with Gasteiger partial charge in [-0.3, -0.25) is 4.21 Å². The molecule has 0 aromatic carbocycles. The maximum Gasteiger partial charge on any atom is 0.0276 e. The molecular weight excluding hydrogens is 238 g/mol. The number of hydrogen-bond acceptors (Lipinski definition) is 3. The van der Waals surface area contributed by atoms with Crippen LogP contribution >= 0.6 is 11.8 Å². The van der Waals surface area contributed by atoms with Crippen LogP contribution in [0.1, 0.15) is 39.5 Å². The van der Waals surface area contributed by atoms with E-state index in [1.165, 1.54) is 12.8 Å². The van der Waals surface area contributed by atoms with Crippen molar-refractivity contribution in [3.05, 3.63) is 0 Å². The van der Waals surface area contributed by atoms with Crippen molar-refractivity contribution in [3.63, 3.8) is 0 Å². The molecule has 1 aliphatic rings. The van der Waals surface area contributed by atoms with Crippen LogP contribution in [0.2, 0.25) is 0 Å². The Morgan fingerprint density at radius 3 is 2.31 bits per heavy atom. The summed E-state index contributed by atoms with van der Waals surface area (Å²) in [6.07, 6.45) is 6.83. The Labute approximate surface area is 107 Å². The van der Waals surface area contributed by atoms with Crippen LogP contribution in [0.3, 0.4) is 0 Å². The van der Waals surface area contributed by atoms with Gasteiger partial charge >= 0.3 is 0 Å². The van der Waals surface area contributed by atoms with E-state index in [-0.39, 0.29) is 0 Å². The minimum atomic E-state index is -0.536. The van der Waals surface area contributed by atoms with Gasteiger partial charge in [-0.1, -0.05) is 13.8 Å². The lowest BCUT2D eigenvalue weighted by Crippen LogP contribution is -2.44. The number of hydrogen-bond donors (Lipinski definition) is 1. The third-order valence-electron chi connectivity index (χ3n) is 3.82. The van der Waals surface area contributed by atoms with Crippen molar-refractivity contribution in [2.75, 3.05) is 24.3 Å². The van der Waals surface area contributed by atoms with Gasteiger partial charge in [-0.2, -0.15) is 11.8 Å². The molecule has 1 fully saturated rings. The maximum atomic E-state index is 11.3. The van der Waals surface area contributed by atoms with Gasteiger partial charge in [-0.15, -0.1) is 0 Å². The smallest absolute Gasteiger partial charge is 0.0276 e. The summed E-state index contributed by atoms with van der Waals surface area (Å²) in [6.45, 7) is 5.65. The fourth-order valence-electron chi connectivity index (χ4n) is 2.19. The maximum absolute atomic E-state index is 11.3. The van der Waals surface area contributed by atoms with Crippen molar-refractivity contribution >= 4 is 22.6 Å². The van der Waals surface area contributed by atoms with Crippen LogP contribution in [0, 0.1) is 0 Å². The van der Waals surface area contributed by atoms with Gasteiger partial charge in [0.05, 0.1) is 0 Å². The summed E-state index contributed by atoms with van der Waals surface area (Å²) in [4.78, 5) is 0. The van der Waals surface area contributed by atoms with E-state index in [2.05, 4.69) is 25.4 Å². The molecule has 16 heavy (non-hydrogen) atoms. The van der Waals surface area contributed by atoms with Crippen LogP contribution < -0.4 is 5.32 Å². The second-order valence-corrected chi connectivity index (χ2v) is 7.57. The minimum Gasteiger partial charge on any atom is -0.313 e. The van der Waals surface area contributed by atoms with E-state index in [1.807, 2.05) is 11.8 Å². The molecule has 96 valence electrons. The van der Waals surface area contributed by atoms with E-state index in [0.717, 1.165) is 30.9 Å². The molecule has 2 nitrogen and oxygen atoms in total. The number of thioether (sulfide) groups is 1. The van der Waals surface area contributed by atoms with Gasteiger partial charge in [0.15, 0.2) is 0 Å². The van der Waals surface area contributed by atoms with E-state index in [0.29, 0.717) is 10.8 Å². The Hall–Kier alpha value is 0.460. The summed E-state index contributed by atoms with van der Waals surface area (Å²) in [5.74, 6) is 1.78. The monoisotopic (exact) mass is 263 g/mol. The summed E-state index contributed by atoms with van der Waals surface area (Å²) < 4.78 is 11.7. The highest BCUT2D eigenvalue weighted by Gasteiger charge is 2.26. The third kappa shape index (κ3) is 4.04. The zero-order valence-electron chi connectivity index (χ0n) is 10.8. The van der Waals surface area contributed by atoms with E-state index in [9.17, 15) is 4.21 Å². The lowest BCUT2D eigenvalue weighted by molar-refractivity contribution is 0.419. The van der Waals surface area contributed by atoms with Gasteiger partial charge in [-0.05, 0) is 31.9 Å². The second-order valence-electron chi connectivity index (χ2n) is 4.60. The average Bonchev–Trinajstić information content (AvgIpc) is 2.34. The number of rotatable bonds is 6. The van der Waals surface area contributed by atoms with Crippen molar-refractivity contribution < 1.29 is 4.21 Å². The summed E-state index contributed by atoms with van der Waals surface area (Å²) >= 11 is 1.98. The standard InChI is InChI=1S/C12H25NOS2/c1-4-12(5-2,15-3)10-13-11-6-8-16(14)9-7-11/h11,13H,4-10H2,1-3H3. The van der Waals surface area contributed by atoms with Crippen LogP contribution in [0.15, 0.2) is 0 Å². The van der Waals surface area contributed by atoms with Crippen LogP contribution in [-0.4, -0.2) is 39.3 Å². The van der Waals surface area contributed by atoms with E-state index in [4.69, 9.17) is 0 Å². The molecule has 0 aromatic rings. The molecule has 0 aromatic heterocycles. The van der Waals surface area contributed by atoms with Crippen molar-refractivity contribution in [2.45, 2.75) is 50.3 Å². The van der Waals surface area contributed by atoms with E-state index < -0.39 is 10.8 Å². The predicted octanol–water partition coefficient (Wildman–Crippen LogP) is 2.41. The molecule has 0 bridgehead atoms. The first kappa shape index (κ1) is 14.5. The molecule has 0 atom stereocenters. The topological polar surface area (TPSA) is 29.1 Å². The minimum absolute atomic E-state index is 0.399. The van der Waals surface area contributed by atoms with E-state index in [1.54, 1.807) is 0 Å². The Kier molecular flexibility index (Phi) is 6.37. The SMILES string of the molecule is CCC(CC)(CNC1CCS(=O)CC1)SC. The quantitative estimate of drug-likeness (QED) is 0.798. The third-order valence-corrected chi connectivity index (χ3v) is 6.79. The molecule has 0 amide bonds. The first-order valence-corrected chi connectivity index (χ1v) is 9.00. The van der Waals surface area contributed by atoms with Crippen molar-refractivity contribution in [1.82, 2.24) is 5.32 Å². The zero-order valence-corrected chi connectivity index (χ0v) is 12.4. The van der Waals surface area contributed by atoms with Gasteiger partial charge in [0.25, 0.3) is 0 Å². The Balaban J connectivity index is 2.34. The van der Waals surface area contributed by atoms with Crippen molar-refractivity contribution in [1.29, 1.82) is 0 Å². The molecule has 4 heteroatoms. The first-order valence-electron chi connectivity index (χ1n) is 6.29. The normalized spacial score (nSPS) is 26.9. The van der Waals surface area contributed by atoms with E-state index >= 15 is 0 Å². The highest BCUT2D eigenvalue weighted by molar-refractivity contribution is 8.00. The highest BCUT2D eigenvalue weighted by atomic mass is 32.2. The van der Waals surface area contributed by atoms with Gasteiger partial charge in [0.1, 0.15) is 0 Å². The summed E-state index contributed by atoms with van der Waals surface area (Å²) in [7, 11) is -0.536. The van der Waals surface area contributed by atoms with Crippen molar-refractivity contribution in [2.24, 2.45) is 0 Å². The average molecular weight is 263 g/mol. The molecule has 0 spiro atoms. The summed E-state index contributed by atoms with van der Waals surface area (Å²) in [5, 5.41) is 3.68. The number of nitrogens with one attached hydrogen (secondary N) is 1. The Morgan fingerprint density at radius 1 is 1.31 bits per heavy atom. The highest BCUT2D eigenvalue weighted by Crippen LogP contribution is 2.29. The van der Waals surface area contributed by atoms with Crippen LogP contribution in [0.4, 0.5) is 0 Å². The zero-order chi connectivity index (χ0) is 12.0. The molecule has 1 saturated heterocycles. The largest absolute Gasteiger partial charge is 0.313 e. The van der Waals surface area contributed by atoms with Crippen LogP contribution in [0.25, 0.3) is 0 Å². The lowest BCUT2D eigenvalue weighted by atomic mass is 10.0. The van der Waals surface area contributed by atoms with Gasteiger partial charge in [-0.25, -0.2) is 0 Å². The fourth-order valence-corrected chi connectivity index (χ4v) is 4.29. The molecule has 0 saturated carbocycles. The fraction of sp³-hybridized carbons (Fsp3) is 1.00.